The minimum absolute atomic E-state index is 0.314. The van der Waals surface area contributed by atoms with Gasteiger partial charge in [-0.1, -0.05) is 0 Å². The van der Waals surface area contributed by atoms with Crippen LogP contribution in [0.5, 0.6) is 0 Å². The zero-order valence-corrected chi connectivity index (χ0v) is 9.35. The highest BCUT2D eigenvalue weighted by atomic mass is 32.1. The number of hydrogen-bond donors (Lipinski definition) is 1. The predicted octanol–water partition coefficient (Wildman–Crippen LogP) is 1.08. The lowest BCUT2D eigenvalue weighted by Gasteiger charge is -2.05. The number of nitrogens with one attached hydrogen (secondary N) is 1. The molecule has 5 heteroatoms. The first-order valence-corrected chi connectivity index (χ1v) is 5.19. The number of ether oxygens (including phenoxy) is 1. The average Bonchev–Trinajstić information content (AvgIpc) is 2.65. The van der Waals surface area contributed by atoms with Crippen molar-refractivity contribution in [1.82, 2.24) is 10.3 Å². The fourth-order valence-corrected chi connectivity index (χ4v) is 1.93. The lowest BCUT2D eigenvalue weighted by molar-refractivity contribution is 0.0606. The Morgan fingerprint density at radius 3 is 3.07 bits per heavy atom. The Balaban J connectivity index is 2.63. The van der Waals surface area contributed by atoms with Crippen molar-refractivity contribution in [3.63, 3.8) is 0 Å². The number of carbonyl (C=O) groups is 1. The summed E-state index contributed by atoms with van der Waals surface area (Å²) >= 11 is 1.38. The second-order valence-electron chi connectivity index (χ2n) is 3.00. The van der Waals surface area contributed by atoms with Crippen LogP contribution in [0.4, 0.5) is 0 Å². The SMILES string of the molecule is CNC(C)Cc1ncc(C(=O)OC)s1. The van der Waals surface area contributed by atoms with Gasteiger partial charge >= 0.3 is 5.97 Å². The second kappa shape index (κ2) is 5.07. The van der Waals surface area contributed by atoms with E-state index in [9.17, 15) is 4.79 Å². The summed E-state index contributed by atoms with van der Waals surface area (Å²) in [6.07, 6.45) is 2.40. The molecule has 1 unspecified atom stereocenters. The van der Waals surface area contributed by atoms with E-state index in [-0.39, 0.29) is 5.97 Å². The summed E-state index contributed by atoms with van der Waals surface area (Å²) in [5.41, 5.74) is 0. The van der Waals surface area contributed by atoms with Crippen LogP contribution in [0.2, 0.25) is 0 Å². The van der Waals surface area contributed by atoms with Gasteiger partial charge in [0.2, 0.25) is 0 Å². The zero-order valence-electron chi connectivity index (χ0n) is 8.53. The molecule has 1 rings (SSSR count). The largest absolute Gasteiger partial charge is 0.465 e. The minimum Gasteiger partial charge on any atom is -0.465 e. The maximum atomic E-state index is 11.1. The Kier molecular flexibility index (Phi) is 4.03. The normalized spacial score (nSPS) is 12.5. The summed E-state index contributed by atoms with van der Waals surface area (Å²) < 4.78 is 4.60. The molecule has 1 aromatic rings. The Bertz CT molecular complexity index is 312. The van der Waals surface area contributed by atoms with Gasteiger partial charge in [0.15, 0.2) is 0 Å². The number of aromatic nitrogens is 1. The highest BCUT2D eigenvalue weighted by Gasteiger charge is 2.11. The van der Waals surface area contributed by atoms with Crippen molar-refractivity contribution in [3.05, 3.63) is 16.1 Å². The van der Waals surface area contributed by atoms with E-state index in [2.05, 4.69) is 22.0 Å². The van der Waals surface area contributed by atoms with E-state index in [1.165, 1.54) is 18.4 Å². The Morgan fingerprint density at radius 2 is 2.50 bits per heavy atom. The van der Waals surface area contributed by atoms with Gasteiger partial charge in [-0.2, -0.15) is 0 Å². The predicted molar refractivity (Wildman–Crippen MR) is 55.7 cm³/mol. The number of nitrogens with zero attached hydrogens (tertiary/aromatic N) is 1. The monoisotopic (exact) mass is 214 g/mol. The number of hydrogen-bond acceptors (Lipinski definition) is 5. The molecular formula is C9H14N2O2S. The first-order valence-electron chi connectivity index (χ1n) is 4.37. The van der Waals surface area contributed by atoms with Gasteiger partial charge in [-0.05, 0) is 14.0 Å². The lowest BCUT2D eigenvalue weighted by Crippen LogP contribution is -2.23. The van der Waals surface area contributed by atoms with E-state index >= 15 is 0 Å². The zero-order chi connectivity index (χ0) is 10.6. The van der Waals surface area contributed by atoms with Gasteiger partial charge in [-0.3, -0.25) is 0 Å². The molecule has 0 radical (unpaired) electrons. The Labute approximate surface area is 87.3 Å². The smallest absolute Gasteiger partial charge is 0.349 e. The molecule has 78 valence electrons. The number of esters is 1. The summed E-state index contributed by atoms with van der Waals surface area (Å²) in [5, 5.41) is 4.07. The van der Waals surface area contributed by atoms with Gasteiger partial charge in [-0.25, -0.2) is 9.78 Å². The molecule has 0 saturated carbocycles. The van der Waals surface area contributed by atoms with Crippen molar-refractivity contribution < 1.29 is 9.53 Å². The molecule has 1 aromatic heterocycles. The Morgan fingerprint density at radius 1 is 1.79 bits per heavy atom. The van der Waals surface area contributed by atoms with E-state index in [0.29, 0.717) is 10.9 Å². The molecule has 0 aliphatic heterocycles. The molecule has 0 aromatic carbocycles. The van der Waals surface area contributed by atoms with Crippen LogP contribution in [0.3, 0.4) is 0 Å². The van der Waals surface area contributed by atoms with Crippen LogP contribution in [0.25, 0.3) is 0 Å². The molecule has 0 aliphatic rings. The molecule has 0 aliphatic carbocycles. The van der Waals surface area contributed by atoms with Crippen molar-refractivity contribution >= 4 is 17.3 Å². The number of rotatable bonds is 4. The van der Waals surface area contributed by atoms with Gasteiger partial charge in [0.1, 0.15) is 4.88 Å². The van der Waals surface area contributed by atoms with Gasteiger partial charge in [-0.15, -0.1) is 11.3 Å². The highest BCUT2D eigenvalue weighted by molar-refractivity contribution is 7.13. The molecule has 0 saturated heterocycles. The molecule has 1 atom stereocenters. The van der Waals surface area contributed by atoms with Crippen molar-refractivity contribution in [3.8, 4) is 0 Å². The van der Waals surface area contributed by atoms with E-state index in [0.717, 1.165) is 11.4 Å². The van der Waals surface area contributed by atoms with Crippen molar-refractivity contribution in [2.24, 2.45) is 0 Å². The minimum atomic E-state index is -0.314. The maximum Gasteiger partial charge on any atom is 0.349 e. The van der Waals surface area contributed by atoms with Crippen LogP contribution < -0.4 is 5.32 Å². The fraction of sp³-hybridized carbons (Fsp3) is 0.556. The summed E-state index contributed by atoms with van der Waals surface area (Å²) in [6, 6.07) is 0.367. The van der Waals surface area contributed by atoms with Gasteiger partial charge in [0, 0.05) is 12.5 Å². The molecule has 0 spiro atoms. The van der Waals surface area contributed by atoms with E-state index in [4.69, 9.17) is 0 Å². The number of carbonyl (C=O) groups excluding carboxylic acids is 1. The van der Waals surface area contributed by atoms with Crippen molar-refractivity contribution in [2.75, 3.05) is 14.2 Å². The topological polar surface area (TPSA) is 51.2 Å². The van der Waals surface area contributed by atoms with Crippen LogP contribution in [-0.2, 0) is 11.2 Å². The van der Waals surface area contributed by atoms with Crippen LogP contribution in [0, 0.1) is 0 Å². The van der Waals surface area contributed by atoms with Gasteiger partial charge in [0.25, 0.3) is 0 Å². The third-order valence-corrected chi connectivity index (χ3v) is 2.91. The molecule has 1 N–H and O–H groups in total. The van der Waals surface area contributed by atoms with E-state index < -0.39 is 0 Å². The first kappa shape index (κ1) is 11.1. The van der Waals surface area contributed by atoms with Crippen LogP contribution in [0.15, 0.2) is 6.20 Å². The fourth-order valence-electron chi connectivity index (χ4n) is 0.964. The van der Waals surface area contributed by atoms with Crippen LogP contribution in [-0.4, -0.2) is 31.2 Å². The Hall–Kier alpha value is -0.940. The van der Waals surface area contributed by atoms with E-state index in [1.54, 1.807) is 6.20 Å². The standard InChI is InChI=1S/C9H14N2O2S/c1-6(10-2)4-8-11-5-7(14-8)9(12)13-3/h5-6,10H,4H2,1-3H3. The molecule has 0 fully saturated rings. The molecular weight excluding hydrogens is 200 g/mol. The number of likely N-dealkylation sites (N-methyl/N-ethyl adjacent to an activating group) is 1. The molecule has 4 nitrogen and oxygen atoms in total. The second-order valence-corrected chi connectivity index (χ2v) is 4.12. The lowest BCUT2D eigenvalue weighted by atomic mass is 10.2. The summed E-state index contributed by atoms with van der Waals surface area (Å²) in [5.74, 6) is -0.314. The summed E-state index contributed by atoms with van der Waals surface area (Å²) in [6.45, 7) is 2.07. The van der Waals surface area contributed by atoms with Gasteiger partial charge < -0.3 is 10.1 Å². The molecule has 14 heavy (non-hydrogen) atoms. The van der Waals surface area contributed by atoms with Crippen molar-refractivity contribution in [2.45, 2.75) is 19.4 Å². The van der Waals surface area contributed by atoms with Gasteiger partial charge in [0.05, 0.1) is 18.3 Å². The van der Waals surface area contributed by atoms with Crippen molar-refractivity contribution in [1.29, 1.82) is 0 Å². The van der Waals surface area contributed by atoms with Crippen LogP contribution in [0.1, 0.15) is 21.6 Å². The highest BCUT2D eigenvalue weighted by Crippen LogP contribution is 2.15. The quantitative estimate of drug-likeness (QED) is 0.762. The van der Waals surface area contributed by atoms with E-state index in [1.807, 2.05) is 7.05 Å². The average molecular weight is 214 g/mol. The maximum absolute atomic E-state index is 11.1. The third-order valence-electron chi connectivity index (χ3n) is 1.91. The molecule has 1 heterocycles. The first-order chi connectivity index (χ1) is 6.67. The molecule has 0 amide bonds. The third kappa shape index (κ3) is 2.78. The summed E-state index contributed by atoms with van der Waals surface area (Å²) in [4.78, 5) is 15.8. The number of methoxy groups -OCH3 is 1. The molecule has 0 bridgehead atoms. The number of thiazole rings is 1. The van der Waals surface area contributed by atoms with Crippen LogP contribution >= 0.6 is 11.3 Å². The summed E-state index contributed by atoms with van der Waals surface area (Å²) in [7, 11) is 3.28.